The average Bonchev–Trinajstić information content (AvgIpc) is 2.34. The zero-order valence-corrected chi connectivity index (χ0v) is 13.2. The second kappa shape index (κ2) is 6.75. The summed E-state index contributed by atoms with van der Waals surface area (Å²) in [6, 6.07) is 5.63. The van der Waals surface area contributed by atoms with Crippen LogP contribution in [0.5, 0.6) is 0 Å². The van der Waals surface area contributed by atoms with E-state index in [0.717, 1.165) is 0 Å². The molecule has 0 heterocycles. The zero-order chi connectivity index (χ0) is 15.4. The van der Waals surface area contributed by atoms with E-state index in [2.05, 4.69) is 5.32 Å². The lowest BCUT2D eigenvalue weighted by Gasteiger charge is -2.09. The third-order valence-electron chi connectivity index (χ3n) is 2.56. The predicted molar refractivity (Wildman–Crippen MR) is 78.5 cm³/mol. The van der Waals surface area contributed by atoms with Gasteiger partial charge in [0.15, 0.2) is 9.84 Å². The van der Waals surface area contributed by atoms with E-state index in [9.17, 15) is 16.8 Å². The molecule has 1 aromatic rings. The third-order valence-corrected chi connectivity index (χ3v) is 6.07. The van der Waals surface area contributed by atoms with Crippen molar-refractivity contribution in [2.45, 2.75) is 22.9 Å². The number of hydrogen-bond acceptors (Lipinski definition) is 5. The molecule has 0 spiro atoms. The quantitative estimate of drug-likeness (QED) is 0.445. The number of benzene rings is 1. The second-order valence-corrected chi connectivity index (χ2v) is 8.97. The Morgan fingerprint density at radius 3 is 2.50 bits per heavy atom. The molecule has 1 unspecified atom stereocenters. The van der Waals surface area contributed by atoms with Gasteiger partial charge in [0, 0.05) is 12.2 Å². The first kappa shape index (κ1) is 17.2. The summed E-state index contributed by atoms with van der Waals surface area (Å²) in [4.78, 5) is -0.218. The van der Waals surface area contributed by atoms with E-state index in [1.807, 2.05) is 0 Å². The van der Waals surface area contributed by atoms with Crippen molar-refractivity contribution in [2.24, 2.45) is 0 Å². The van der Waals surface area contributed by atoms with Crippen molar-refractivity contribution in [2.75, 3.05) is 17.6 Å². The van der Waals surface area contributed by atoms with E-state index in [4.69, 9.17) is 16.2 Å². The minimum absolute atomic E-state index is 0.0529. The van der Waals surface area contributed by atoms with Crippen LogP contribution in [-0.4, -0.2) is 38.4 Å². The minimum Gasteiger partial charge on any atom is -0.385 e. The number of nitrogens with one attached hydrogen (secondary N) is 1. The van der Waals surface area contributed by atoms with Gasteiger partial charge in [-0.05, 0) is 31.5 Å². The van der Waals surface area contributed by atoms with Gasteiger partial charge in [-0.1, -0.05) is 6.07 Å². The van der Waals surface area contributed by atoms with Gasteiger partial charge in [0.2, 0.25) is 0 Å². The number of hydrogen-bond donors (Lipinski definition) is 2. The summed E-state index contributed by atoms with van der Waals surface area (Å²) >= 11 is 5.53. The number of halogens is 1. The molecule has 0 aliphatic heterocycles. The van der Waals surface area contributed by atoms with Crippen LogP contribution < -0.4 is 5.32 Å². The van der Waals surface area contributed by atoms with Gasteiger partial charge in [-0.25, -0.2) is 8.42 Å². The molecular weight excluding hydrogens is 326 g/mol. The lowest BCUT2D eigenvalue weighted by atomic mass is 10.3. The molecule has 0 saturated heterocycles. The smallest absolute Gasteiger partial charge is 0.294 e. The molecule has 1 rings (SSSR count). The van der Waals surface area contributed by atoms with Gasteiger partial charge in [0.25, 0.3) is 10.1 Å². The average molecular weight is 342 g/mol. The number of alkyl halides is 1. The fourth-order valence-corrected chi connectivity index (χ4v) is 3.10. The SMILES string of the molecule is CC(Cl)S(=O)(=O)CCCNc1cccc(S(=O)(=O)O)c1. The van der Waals surface area contributed by atoms with Gasteiger partial charge in [-0.15, -0.1) is 11.6 Å². The summed E-state index contributed by atoms with van der Waals surface area (Å²) in [6.07, 6.45) is 0.343. The normalized spacial score (nSPS) is 13.9. The molecule has 0 radical (unpaired) electrons. The molecule has 0 bridgehead atoms. The molecule has 20 heavy (non-hydrogen) atoms. The zero-order valence-electron chi connectivity index (χ0n) is 10.8. The van der Waals surface area contributed by atoms with Crippen LogP contribution in [0, 0.1) is 0 Å². The molecule has 1 aromatic carbocycles. The Balaban J connectivity index is 2.56. The first-order chi connectivity index (χ1) is 9.13. The summed E-state index contributed by atoms with van der Waals surface area (Å²) < 4.78 is 52.8. The van der Waals surface area contributed by atoms with Gasteiger partial charge < -0.3 is 5.32 Å². The molecule has 0 saturated carbocycles. The number of sulfone groups is 1. The van der Waals surface area contributed by atoms with Crippen molar-refractivity contribution >= 4 is 37.2 Å². The van der Waals surface area contributed by atoms with Gasteiger partial charge >= 0.3 is 0 Å². The Kier molecular flexibility index (Phi) is 5.81. The predicted octanol–water partition coefficient (Wildman–Crippen LogP) is 1.73. The highest BCUT2D eigenvalue weighted by atomic mass is 35.5. The Morgan fingerprint density at radius 2 is 1.95 bits per heavy atom. The number of anilines is 1. The van der Waals surface area contributed by atoms with Crippen LogP contribution in [0.4, 0.5) is 5.69 Å². The van der Waals surface area contributed by atoms with Crippen molar-refractivity contribution in [3.63, 3.8) is 0 Å². The lowest BCUT2D eigenvalue weighted by molar-refractivity contribution is 0.483. The van der Waals surface area contributed by atoms with E-state index >= 15 is 0 Å². The highest BCUT2D eigenvalue weighted by Crippen LogP contribution is 2.15. The fourth-order valence-electron chi connectivity index (χ4n) is 1.43. The second-order valence-electron chi connectivity index (χ2n) is 4.19. The Morgan fingerprint density at radius 1 is 1.30 bits per heavy atom. The van der Waals surface area contributed by atoms with Crippen LogP contribution in [0.1, 0.15) is 13.3 Å². The van der Waals surface area contributed by atoms with Crippen molar-refractivity contribution < 1.29 is 21.4 Å². The van der Waals surface area contributed by atoms with E-state index in [0.29, 0.717) is 18.7 Å². The van der Waals surface area contributed by atoms with E-state index in [-0.39, 0.29) is 10.6 Å². The Hall–Kier alpha value is -0.830. The Bertz CT molecular complexity index is 655. The van der Waals surface area contributed by atoms with Crippen molar-refractivity contribution in [1.82, 2.24) is 0 Å². The fraction of sp³-hybridized carbons (Fsp3) is 0.455. The van der Waals surface area contributed by atoms with E-state index in [1.54, 1.807) is 6.07 Å². The number of rotatable bonds is 7. The molecule has 0 amide bonds. The molecule has 1 atom stereocenters. The van der Waals surface area contributed by atoms with Crippen molar-refractivity contribution in [3.05, 3.63) is 24.3 Å². The maximum absolute atomic E-state index is 11.5. The van der Waals surface area contributed by atoms with Crippen LogP contribution in [0.25, 0.3) is 0 Å². The van der Waals surface area contributed by atoms with Gasteiger partial charge in [-0.2, -0.15) is 8.42 Å². The van der Waals surface area contributed by atoms with Crippen LogP contribution >= 0.6 is 11.6 Å². The summed E-state index contributed by atoms with van der Waals surface area (Å²) in [7, 11) is -7.54. The maximum atomic E-state index is 11.5. The molecule has 0 aromatic heterocycles. The third kappa shape index (κ3) is 5.28. The highest BCUT2D eigenvalue weighted by molar-refractivity contribution is 7.93. The molecule has 0 aliphatic carbocycles. The van der Waals surface area contributed by atoms with E-state index < -0.39 is 24.7 Å². The minimum atomic E-state index is -4.24. The lowest BCUT2D eigenvalue weighted by Crippen LogP contribution is -2.18. The molecule has 0 aliphatic rings. The van der Waals surface area contributed by atoms with Gasteiger partial charge in [0.05, 0.1) is 10.6 Å². The highest BCUT2D eigenvalue weighted by Gasteiger charge is 2.17. The molecule has 6 nitrogen and oxygen atoms in total. The Labute approximate surface area is 123 Å². The maximum Gasteiger partial charge on any atom is 0.294 e. The van der Waals surface area contributed by atoms with Crippen LogP contribution in [0.3, 0.4) is 0 Å². The first-order valence-electron chi connectivity index (χ1n) is 5.80. The van der Waals surface area contributed by atoms with Crippen LogP contribution in [0.2, 0.25) is 0 Å². The van der Waals surface area contributed by atoms with E-state index in [1.165, 1.54) is 25.1 Å². The summed E-state index contributed by atoms with van der Waals surface area (Å²) in [6.45, 7) is 1.75. The molecule has 9 heteroatoms. The van der Waals surface area contributed by atoms with Crippen LogP contribution in [-0.2, 0) is 20.0 Å². The molecule has 2 N–H and O–H groups in total. The topological polar surface area (TPSA) is 101 Å². The summed E-state index contributed by atoms with van der Waals surface area (Å²) in [5.41, 5.74) is 0.483. The van der Waals surface area contributed by atoms with Crippen molar-refractivity contribution in [1.29, 1.82) is 0 Å². The van der Waals surface area contributed by atoms with Crippen LogP contribution in [0.15, 0.2) is 29.2 Å². The summed E-state index contributed by atoms with van der Waals surface area (Å²) in [5.74, 6) is -0.0529. The molecule has 0 fully saturated rings. The van der Waals surface area contributed by atoms with Gasteiger partial charge in [-0.3, -0.25) is 4.55 Å². The first-order valence-corrected chi connectivity index (χ1v) is 9.39. The standard InChI is InChI=1S/C11H16ClNO5S2/c1-9(12)19(14,15)7-3-6-13-10-4-2-5-11(8-10)20(16,17)18/h2,4-5,8-9,13H,3,6-7H2,1H3,(H,16,17,18). The summed E-state index contributed by atoms with van der Waals surface area (Å²) in [5, 5.41) is 2.89. The monoisotopic (exact) mass is 341 g/mol. The van der Waals surface area contributed by atoms with Crippen molar-refractivity contribution in [3.8, 4) is 0 Å². The van der Waals surface area contributed by atoms with Gasteiger partial charge in [0.1, 0.15) is 4.71 Å². The largest absolute Gasteiger partial charge is 0.385 e. The molecule has 114 valence electrons. The molecular formula is C11H16ClNO5S2.